The minimum Gasteiger partial charge on any atom is -0.445 e. The van der Waals surface area contributed by atoms with Crippen molar-refractivity contribution in [1.29, 1.82) is 0 Å². The molecule has 0 radical (unpaired) electrons. The number of hydrogen-bond donors (Lipinski definition) is 4. The lowest BCUT2D eigenvalue weighted by molar-refractivity contribution is 0.0195. The number of aliphatic hydroxyl groups is 2. The van der Waals surface area contributed by atoms with E-state index in [1.165, 1.54) is 0 Å². The number of rotatable bonds is 7. The van der Waals surface area contributed by atoms with Crippen LogP contribution in [-0.4, -0.2) is 33.9 Å². The second kappa shape index (κ2) is 9.47. The van der Waals surface area contributed by atoms with E-state index in [2.05, 4.69) is 10.3 Å². The number of ether oxygens (including phenoxy) is 1. The molecule has 0 aliphatic rings. The van der Waals surface area contributed by atoms with E-state index < -0.39 is 18.3 Å². The SMILES string of the molecule is O=C(NCC(O)C(O)c1c(-c2ccccc2)[nH]c2ccccc12)OCc1ccccc1. The average molecular weight is 416 g/mol. The summed E-state index contributed by atoms with van der Waals surface area (Å²) in [7, 11) is 0. The van der Waals surface area contributed by atoms with Crippen molar-refractivity contribution in [3.8, 4) is 11.3 Å². The number of aromatic amines is 1. The van der Waals surface area contributed by atoms with Gasteiger partial charge < -0.3 is 25.3 Å². The summed E-state index contributed by atoms with van der Waals surface area (Å²) in [4.78, 5) is 15.3. The fourth-order valence-electron chi connectivity index (χ4n) is 3.57. The van der Waals surface area contributed by atoms with Crippen molar-refractivity contribution in [2.24, 2.45) is 0 Å². The highest BCUT2D eigenvalue weighted by atomic mass is 16.5. The van der Waals surface area contributed by atoms with Crippen LogP contribution in [0.15, 0.2) is 84.9 Å². The second-order valence-electron chi connectivity index (χ2n) is 7.28. The number of carbonyl (C=O) groups excluding carboxylic acids is 1. The summed E-state index contributed by atoms with van der Waals surface area (Å²) in [6.45, 7) is -0.0194. The van der Waals surface area contributed by atoms with Gasteiger partial charge in [-0.1, -0.05) is 78.9 Å². The van der Waals surface area contributed by atoms with Crippen LogP contribution < -0.4 is 5.32 Å². The standard InChI is InChI=1S/C25H24N2O4/c28-21(15-26-25(30)31-16-17-9-3-1-4-10-17)24(29)22-19-13-7-8-14-20(19)27-23(22)18-11-5-2-6-12-18/h1-14,21,24,27-29H,15-16H2,(H,26,30). The Morgan fingerprint density at radius 3 is 2.29 bits per heavy atom. The number of aromatic nitrogens is 1. The number of hydrogen-bond acceptors (Lipinski definition) is 4. The van der Waals surface area contributed by atoms with Crippen molar-refractivity contribution >= 4 is 17.0 Å². The molecule has 3 aromatic carbocycles. The van der Waals surface area contributed by atoms with E-state index in [9.17, 15) is 15.0 Å². The minimum absolute atomic E-state index is 0.131. The number of amides is 1. The predicted molar refractivity (Wildman–Crippen MR) is 119 cm³/mol. The van der Waals surface area contributed by atoms with E-state index in [-0.39, 0.29) is 13.2 Å². The van der Waals surface area contributed by atoms with Crippen molar-refractivity contribution in [2.45, 2.75) is 18.8 Å². The van der Waals surface area contributed by atoms with Crippen molar-refractivity contribution in [2.75, 3.05) is 6.54 Å². The molecular formula is C25H24N2O4. The molecule has 4 rings (SSSR count). The molecule has 0 saturated carbocycles. The number of fused-ring (bicyclic) bond motifs is 1. The number of benzene rings is 3. The van der Waals surface area contributed by atoms with Gasteiger partial charge >= 0.3 is 6.09 Å². The topological polar surface area (TPSA) is 94.6 Å². The number of aliphatic hydroxyl groups excluding tert-OH is 2. The maximum atomic E-state index is 12.0. The molecule has 2 unspecified atom stereocenters. The molecule has 0 aliphatic heterocycles. The van der Waals surface area contributed by atoms with Gasteiger partial charge in [-0.3, -0.25) is 0 Å². The second-order valence-corrected chi connectivity index (χ2v) is 7.28. The van der Waals surface area contributed by atoms with Crippen LogP contribution in [0.2, 0.25) is 0 Å². The van der Waals surface area contributed by atoms with Gasteiger partial charge in [-0.15, -0.1) is 0 Å². The van der Waals surface area contributed by atoms with Crippen molar-refractivity contribution in [1.82, 2.24) is 10.3 Å². The minimum atomic E-state index is -1.22. The van der Waals surface area contributed by atoms with E-state index in [4.69, 9.17) is 4.74 Å². The first-order chi connectivity index (χ1) is 15.1. The Hall–Kier alpha value is -3.61. The molecule has 1 amide bonds. The number of carbonyl (C=O) groups is 1. The van der Waals surface area contributed by atoms with Crippen molar-refractivity contribution in [3.63, 3.8) is 0 Å². The molecule has 6 heteroatoms. The van der Waals surface area contributed by atoms with Crippen LogP contribution in [-0.2, 0) is 11.3 Å². The summed E-state index contributed by atoms with van der Waals surface area (Å²) in [5.41, 5.74) is 3.95. The molecule has 0 aliphatic carbocycles. The van der Waals surface area contributed by atoms with E-state index in [0.29, 0.717) is 5.56 Å². The molecule has 0 bridgehead atoms. The van der Waals surface area contributed by atoms with Crippen LogP contribution in [0.1, 0.15) is 17.2 Å². The van der Waals surface area contributed by atoms with Crippen LogP contribution in [0.4, 0.5) is 4.79 Å². The van der Waals surface area contributed by atoms with Crippen LogP contribution in [0.25, 0.3) is 22.2 Å². The van der Waals surface area contributed by atoms with Gasteiger partial charge in [-0.05, 0) is 17.2 Å². The third kappa shape index (κ3) is 4.77. The Bertz CT molecular complexity index is 1140. The fourth-order valence-corrected chi connectivity index (χ4v) is 3.57. The number of H-pyrrole nitrogens is 1. The monoisotopic (exact) mass is 416 g/mol. The lowest BCUT2D eigenvalue weighted by atomic mass is 9.97. The van der Waals surface area contributed by atoms with Gasteiger partial charge in [0.25, 0.3) is 0 Å². The predicted octanol–water partition coefficient (Wildman–Crippen LogP) is 4.16. The van der Waals surface area contributed by atoms with Crippen LogP contribution in [0.5, 0.6) is 0 Å². The summed E-state index contributed by atoms with van der Waals surface area (Å²) < 4.78 is 5.16. The summed E-state index contributed by atoms with van der Waals surface area (Å²) in [6.07, 6.45) is -3.08. The molecule has 0 saturated heterocycles. The maximum absolute atomic E-state index is 12.0. The Morgan fingerprint density at radius 2 is 1.55 bits per heavy atom. The molecule has 31 heavy (non-hydrogen) atoms. The maximum Gasteiger partial charge on any atom is 0.407 e. The van der Waals surface area contributed by atoms with E-state index >= 15 is 0 Å². The highest BCUT2D eigenvalue weighted by Crippen LogP contribution is 2.35. The molecule has 0 fully saturated rings. The van der Waals surface area contributed by atoms with E-state index in [1.54, 1.807) is 0 Å². The van der Waals surface area contributed by atoms with Gasteiger partial charge in [0.15, 0.2) is 0 Å². The van der Waals surface area contributed by atoms with Gasteiger partial charge in [0.1, 0.15) is 18.8 Å². The first kappa shape index (κ1) is 20.7. The first-order valence-electron chi connectivity index (χ1n) is 10.1. The third-order valence-corrected chi connectivity index (χ3v) is 5.14. The fraction of sp³-hybridized carbons (Fsp3) is 0.160. The highest BCUT2D eigenvalue weighted by molar-refractivity contribution is 5.91. The molecule has 1 aromatic heterocycles. The largest absolute Gasteiger partial charge is 0.445 e. The van der Waals surface area contributed by atoms with E-state index in [0.717, 1.165) is 27.7 Å². The van der Waals surface area contributed by atoms with Crippen molar-refractivity contribution in [3.05, 3.63) is 96.1 Å². The molecule has 2 atom stereocenters. The Kier molecular flexibility index (Phi) is 6.31. The normalized spacial score (nSPS) is 13.0. The Labute approximate surface area is 180 Å². The van der Waals surface area contributed by atoms with Gasteiger partial charge in [0, 0.05) is 23.0 Å². The average Bonchev–Trinajstić information content (AvgIpc) is 3.21. The summed E-state index contributed by atoms with van der Waals surface area (Å²) in [5.74, 6) is 0. The molecular weight excluding hydrogens is 392 g/mol. The first-order valence-corrected chi connectivity index (χ1v) is 10.1. The molecule has 6 nitrogen and oxygen atoms in total. The lowest BCUT2D eigenvalue weighted by Crippen LogP contribution is -2.35. The van der Waals surface area contributed by atoms with Gasteiger partial charge in [-0.2, -0.15) is 0 Å². The van der Waals surface area contributed by atoms with Crippen LogP contribution in [0.3, 0.4) is 0 Å². The summed E-state index contributed by atoms with van der Waals surface area (Å²) in [5, 5.41) is 24.9. The number of para-hydroxylation sites is 1. The summed E-state index contributed by atoms with van der Waals surface area (Å²) >= 11 is 0. The number of nitrogens with one attached hydrogen (secondary N) is 2. The van der Waals surface area contributed by atoms with Gasteiger partial charge in [0.2, 0.25) is 0 Å². The zero-order chi connectivity index (χ0) is 21.6. The quantitative estimate of drug-likeness (QED) is 0.364. The Morgan fingerprint density at radius 1 is 0.903 bits per heavy atom. The van der Waals surface area contributed by atoms with Crippen LogP contribution in [0, 0.1) is 0 Å². The van der Waals surface area contributed by atoms with Gasteiger partial charge in [-0.25, -0.2) is 4.79 Å². The third-order valence-electron chi connectivity index (χ3n) is 5.14. The zero-order valence-electron chi connectivity index (χ0n) is 16.9. The lowest BCUT2D eigenvalue weighted by Gasteiger charge is -2.20. The molecule has 4 N–H and O–H groups in total. The molecule has 4 aromatic rings. The molecule has 1 heterocycles. The zero-order valence-corrected chi connectivity index (χ0v) is 16.9. The Balaban J connectivity index is 1.47. The van der Waals surface area contributed by atoms with Gasteiger partial charge in [0.05, 0.1) is 5.69 Å². The smallest absolute Gasteiger partial charge is 0.407 e. The van der Waals surface area contributed by atoms with Crippen LogP contribution >= 0.6 is 0 Å². The highest BCUT2D eigenvalue weighted by Gasteiger charge is 2.26. The van der Waals surface area contributed by atoms with Crippen molar-refractivity contribution < 1.29 is 19.7 Å². The van der Waals surface area contributed by atoms with E-state index in [1.807, 2.05) is 84.9 Å². The number of alkyl carbamates (subject to hydrolysis) is 1. The molecule has 158 valence electrons. The molecule has 0 spiro atoms. The summed E-state index contributed by atoms with van der Waals surface area (Å²) in [6, 6.07) is 26.5.